The molecule has 0 bridgehead atoms. The van der Waals surface area contributed by atoms with Gasteiger partial charge in [0.15, 0.2) is 0 Å². The lowest BCUT2D eigenvalue weighted by Gasteiger charge is -2.22. The molecule has 1 aromatic rings. The van der Waals surface area contributed by atoms with Gasteiger partial charge in [0, 0.05) is 45.0 Å². The summed E-state index contributed by atoms with van der Waals surface area (Å²) < 4.78 is 9.94. The molecule has 1 rings (SSSR count). The van der Waals surface area contributed by atoms with E-state index in [1.165, 1.54) is 6.92 Å². The molecule has 7 heteroatoms. The standard InChI is InChI=1S/C18H26N2O5/c1-4-25-17(22)9-11-20(10-6-12-24-3)18(23)15-7-5-8-16(13-15)19-14(2)21/h5,7-8,13H,4,6,9-12H2,1-3H3,(H,19,21). The Kier molecular flexibility index (Phi) is 9.24. The van der Waals surface area contributed by atoms with Crippen LogP contribution in [0.3, 0.4) is 0 Å². The summed E-state index contributed by atoms with van der Waals surface area (Å²) in [7, 11) is 1.60. The Balaban J connectivity index is 2.82. The van der Waals surface area contributed by atoms with Gasteiger partial charge in [-0.05, 0) is 31.5 Å². The number of carbonyl (C=O) groups is 3. The molecule has 25 heavy (non-hydrogen) atoms. The fourth-order valence-electron chi connectivity index (χ4n) is 2.29. The first-order valence-corrected chi connectivity index (χ1v) is 8.29. The second-order valence-electron chi connectivity index (χ2n) is 5.46. The highest BCUT2D eigenvalue weighted by atomic mass is 16.5. The Morgan fingerprint density at radius 1 is 1.20 bits per heavy atom. The zero-order chi connectivity index (χ0) is 18.7. The van der Waals surface area contributed by atoms with Crippen molar-refractivity contribution in [2.24, 2.45) is 0 Å². The summed E-state index contributed by atoms with van der Waals surface area (Å²) in [6.45, 7) is 4.73. The molecular formula is C18H26N2O5. The zero-order valence-electron chi connectivity index (χ0n) is 15.0. The Labute approximate surface area is 148 Å². The monoisotopic (exact) mass is 350 g/mol. The van der Waals surface area contributed by atoms with E-state index in [-0.39, 0.29) is 30.7 Å². The second-order valence-corrected chi connectivity index (χ2v) is 5.46. The Hall–Kier alpha value is -2.41. The number of rotatable bonds is 10. The van der Waals surface area contributed by atoms with Crippen molar-refractivity contribution >= 4 is 23.5 Å². The number of nitrogens with one attached hydrogen (secondary N) is 1. The fraction of sp³-hybridized carbons (Fsp3) is 0.500. The molecule has 0 heterocycles. The molecule has 0 spiro atoms. The number of ether oxygens (including phenoxy) is 2. The predicted octanol–water partition coefficient (Wildman–Crippen LogP) is 2.08. The van der Waals surface area contributed by atoms with Crippen LogP contribution in [0, 0.1) is 0 Å². The molecule has 138 valence electrons. The van der Waals surface area contributed by atoms with Gasteiger partial charge in [0.05, 0.1) is 13.0 Å². The number of amides is 2. The smallest absolute Gasteiger partial charge is 0.307 e. The van der Waals surface area contributed by atoms with Gasteiger partial charge in [-0.2, -0.15) is 0 Å². The van der Waals surface area contributed by atoms with Crippen LogP contribution in [0.5, 0.6) is 0 Å². The van der Waals surface area contributed by atoms with E-state index in [4.69, 9.17) is 9.47 Å². The highest BCUT2D eigenvalue weighted by molar-refractivity contribution is 5.97. The van der Waals surface area contributed by atoms with Gasteiger partial charge in [-0.1, -0.05) is 6.07 Å². The third-order valence-corrected chi connectivity index (χ3v) is 3.38. The van der Waals surface area contributed by atoms with Crippen molar-refractivity contribution in [2.45, 2.75) is 26.7 Å². The summed E-state index contributed by atoms with van der Waals surface area (Å²) in [5.74, 6) is -0.740. The van der Waals surface area contributed by atoms with E-state index in [0.29, 0.717) is 37.4 Å². The first-order chi connectivity index (χ1) is 12.0. The molecule has 1 N–H and O–H groups in total. The minimum atomic E-state index is -0.334. The van der Waals surface area contributed by atoms with Gasteiger partial charge >= 0.3 is 5.97 Å². The molecule has 0 aliphatic rings. The van der Waals surface area contributed by atoms with Crippen LogP contribution >= 0.6 is 0 Å². The molecule has 0 saturated carbocycles. The summed E-state index contributed by atoms with van der Waals surface area (Å²) in [5, 5.41) is 2.65. The highest BCUT2D eigenvalue weighted by Crippen LogP contribution is 2.14. The number of hydrogen-bond acceptors (Lipinski definition) is 5. The summed E-state index contributed by atoms with van der Waals surface area (Å²) in [6.07, 6.45) is 0.800. The van der Waals surface area contributed by atoms with Crippen LogP contribution in [0.15, 0.2) is 24.3 Å². The molecule has 0 aromatic heterocycles. The van der Waals surface area contributed by atoms with Crippen molar-refractivity contribution in [1.82, 2.24) is 4.90 Å². The SMILES string of the molecule is CCOC(=O)CCN(CCCOC)C(=O)c1cccc(NC(C)=O)c1. The molecule has 0 aliphatic heterocycles. The third kappa shape index (κ3) is 7.80. The van der Waals surface area contributed by atoms with Gasteiger partial charge in [-0.25, -0.2) is 0 Å². The normalized spacial score (nSPS) is 10.2. The lowest BCUT2D eigenvalue weighted by molar-refractivity contribution is -0.143. The first-order valence-electron chi connectivity index (χ1n) is 8.29. The van der Waals surface area contributed by atoms with Gasteiger partial charge < -0.3 is 19.7 Å². The number of methoxy groups -OCH3 is 1. The summed E-state index contributed by atoms with van der Waals surface area (Å²) in [4.78, 5) is 37.1. The Morgan fingerprint density at radius 3 is 2.60 bits per heavy atom. The molecule has 0 radical (unpaired) electrons. The van der Waals surface area contributed by atoms with Gasteiger partial charge in [-0.3, -0.25) is 14.4 Å². The average Bonchev–Trinajstić information content (AvgIpc) is 2.57. The first kappa shape index (κ1) is 20.6. The molecule has 0 unspecified atom stereocenters. The summed E-state index contributed by atoms with van der Waals surface area (Å²) in [5.41, 5.74) is 1.01. The molecular weight excluding hydrogens is 324 g/mol. The van der Waals surface area contributed by atoms with Gasteiger partial charge in [0.2, 0.25) is 5.91 Å². The number of nitrogens with zero attached hydrogens (tertiary/aromatic N) is 1. The van der Waals surface area contributed by atoms with Crippen LogP contribution in [-0.4, -0.2) is 56.1 Å². The summed E-state index contributed by atoms with van der Waals surface area (Å²) >= 11 is 0. The van der Waals surface area contributed by atoms with E-state index < -0.39 is 0 Å². The topological polar surface area (TPSA) is 84.9 Å². The van der Waals surface area contributed by atoms with E-state index in [0.717, 1.165) is 0 Å². The minimum Gasteiger partial charge on any atom is -0.466 e. The number of hydrogen-bond donors (Lipinski definition) is 1. The quantitative estimate of drug-likeness (QED) is 0.516. The van der Waals surface area contributed by atoms with E-state index in [2.05, 4.69) is 5.32 Å². The van der Waals surface area contributed by atoms with E-state index >= 15 is 0 Å². The number of carbonyl (C=O) groups excluding carboxylic acids is 3. The lowest BCUT2D eigenvalue weighted by atomic mass is 10.1. The van der Waals surface area contributed by atoms with E-state index in [1.807, 2.05) is 0 Å². The predicted molar refractivity (Wildman–Crippen MR) is 94.4 cm³/mol. The maximum atomic E-state index is 12.8. The van der Waals surface area contributed by atoms with Crippen LogP contribution < -0.4 is 5.32 Å². The van der Waals surface area contributed by atoms with Crippen molar-refractivity contribution in [2.75, 3.05) is 38.7 Å². The zero-order valence-corrected chi connectivity index (χ0v) is 15.0. The Bertz CT molecular complexity index is 589. The van der Waals surface area contributed by atoms with E-state index in [1.54, 1.807) is 43.2 Å². The molecule has 0 atom stereocenters. The maximum absolute atomic E-state index is 12.8. The van der Waals surface area contributed by atoms with Crippen LogP contribution in [0.25, 0.3) is 0 Å². The van der Waals surface area contributed by atoms with Crippen molar-refractivity contribution < 1.29 is 23.9 Å². The maximum Gasteiger partial charge on any atom is 0.307 e. The summed E-state index contributed by atoms with van der Waals surface area (Å²) in [6, 6.07) is 6.72. The van der Waals surface area contributed by atoms with Crippen LogP contribution in [0.2, 0.25) is 0 Å². The Morgan fingerprint density at radius 2 is 1.96 bits per heavy atom. The molecule has 0 aliphatic carbocycles. The molecule has 7 nitrogen and oxygen atoms in total. The lowest BCUT2D eigenvalue weighted by Crippen LogP contribution is -2.34. The number of anilines is 1. The minimum absolute atomic E-state index is 0.137. The second kappa shape index (κ2) is 11.2. The van der Waals surface area contributed by atoms with Crippen molar-refractivity contribution in [1.29, 1.82) is 0 Å². The van der Waals surface area contributed by atoms with Crippen LogP contribution in [0.1, 0.15) is 37.0 Å². The van der Waals surface area contributed by atoms with Crippen LogP contribution in [-0.2, 0) is 19.1 Å². The fourth-order valence-corrected chi connectivity index (χ4v) is 2.29. The largest absolute Gasteiger partial charge is 0.466 e. The van der Waals surface area contributed by atoms with Gasteiger partial charge in [-0.15, -0.1) is 0 Å². The molecule has 1 aromatic carbocycles. The number of benzene rings is 1. The van der Waals surface area contributed by atoms with Gasteiger partial charge in [0.25, 0.3) is 5.91 Å². The van der Waals surface area contributed by atoms with Gasteiger partial charge in [0.1, 0.15) is 0 Å². The van der Waals surface area contributed by atoms with E-state index in [9.17, 15) is 14.4 Å². The molecule has 0 fully saturated rings. The van der Waals surface area contributed by atoms with Crippen molar-refractivity contribution in [3.63, 3.8) is 0 Å². The van der Waals surface area contributed by atoms with Crippen molar-refractivity contribution in [3.05, 3.63) is 29.8 Å². The highest BCUT2D eigenvalue weighted by Gasteiger charge is 2.17. The third-order valence-electron chi connectivity index (χ3n) is 3.38. The van der Waals surface area contributed by atoms with Crippen LogP contribution in [0.4, 0.5) is 5.69 Å². The molecule has 0 saturated heterocycles. The average molecular weight is 350 g/mol. The van der Waals surface area contributed by atoms with Crippen molar-refractivity contribution in [3.8, 4) is 0 Å². The number of esters is 1. The molecule has 2 amide bonds.